The molecule has 0 N–H and O–H groups in total. The van der Waals surface area contributed by atoms with Crippen molar-refractivity contribution in [3.05, 3.63) is 58.3 Å². The number of benzene rings is 2. The molecule has 2 aromatic carbocycles. The lowest BCUT2D eigenvalue weighted by Crippen LogP contribution is -2.39. The molecule has 1 atom stereocenters. The average molecular weight is 395 g/mol. The van der Waals surface area contributed by atoms with Crippen molar-refractivity contribution in [3.63, 3.8) is 0 Å². The summed E-state index contributed by atoms with van der Waals surface area (Å²) in [5.74, 6) is 0.487. The van der Waals surface area contributed by atoms with Gasteiger partial charge in [0.15, 0.2) is 0 Å². The van der Waals surface area contributed by atoms with Crippen LogP contribution in [0.2, 0.25) is 0 Å². The van der Waals surface area contributed by atoms with E-state index in [1.165, 1.54) is 21.9 Å². The Morgan fingerprint density at radius 1 is 1.18 bits per heavy atom. The van der Waals surface area contributed by atoms with E-state index in [2.05, 4.69) is 40.2 Å². The maximum Gasteiger partial charge on any atom is 0.254 e. The van der Waals surface area contributed by atoms with Crippen molar-refractivity contribution in [1.82, 2.24) is 4.90 Å². The van der Waals surface area contributed by atoms with Crippen molar-refractivity contribution in [1.29, 1.82) is 0 Å². The molecule has 3 aliphatic rings. The van der Waals surface area contributed by atoms with Crippen LogP contribution in [-0.4, -0.2) is 36.3 Å². The van der Waals surface area contributed by atoms with E-state index < -0.39 is 0 Å². The van der Waals surface area contributed by atoms with Gasteiger partial charge in [0.2, 0.25) is 0 Å². The molecular weight excluding hydrogens is 372 g/mol. The van der Waals surface area contributed by atoms with Gasteiger partial charge in [0.1, 0.15) is 5.16 Å². The minimum atomic E-state index is 0.175. The third kappa shape index (κ3) is 3.15. The minimum absolute atomic E-state index is 0.175. The van der Waals surface area contributed by atoms with Crippen molar-refractivity contribution in [2.75, 3.05) is 13.2 Å². The van der Waals surface area contributed by atoms with E-state index in [9.17, 15) is 4.79 Å². The first-order valence-corrected chi connectivity index (χ1v) is 10.4. The molecule has 4 nitrogen and oxygen atoms in total. The van der Waals surface area contributed by atoms with Crippen LogP contribution in [0.1, 0.15) is 40.7 Å². The topological polar surface area (TPSA) is 41.9 Å². The quantitative estimate of drug-likeness (QED) is 0.709. The first-order valence-electron chi connectivity index (χ1n) is 10.0. The van der Waals surface area contributed by atoms with E-state index >= 15 is 0 Å². The van der Waals surface area contributed by atoms with Crippen LogP contribution >= 0.6 is 11.6 Å². The second kappa shape index (κ2) is 7.34. The summed E-state index contributed by atoms with van der Waals surface area (Å²) in [5.41, 5.74) is 3.28. The van der Waals surface area contributed by atoms with Crippen molar-refractivity contribution in [3.8, 4) is 0 Å². The number of ether oxygens (including phenoxy) is 1. The summed E-state index contributed by atoms with van der Waals surface area (Å²) in [7, 11) is 0. The normalized spacial score (nSPS) is 22.6. The second-order valence-electron chi connectivity index (χ2n) is 7.89. The molecule has 3 heterocycles. The van der Waals surface area contributed by atoms with Crippen molar-refractivity contribution < 1.29 is 9.53 Å². The van der Waals surface area contributed by atoms with Crippen LogP contribution in [-0.2, 0) is 17.7 Å². The van der Waals surface area contributed by atoms with E-state index in [0.717, 1.165) is 44.5 Å². The largest absolute Gasteiger partial charge is 0.381 e. The highest BCUT2D eigenvalue weighted by Crippen LogP contribution is 2.36. The SMILES string of the molecule is O=C1c2cc(CC3C=NC(Cl)=CC3)c3ccccc3c2CN1C1CCOCC1. The number of nitrogens with zero attached hydrogens (tertiary/aromatic N) is 2. The van der Waals surface area contributed by atoms with Crippen LogP contribution in [0.25, 0.3) is 10.8 Å². The van der Waals surface area contributed by atoms with Crippen LogP contribution in [0.4, 0.5) is 0 Å². The molecule has 0 aliphatic carbocycles. The summed E-state index contributed by atoms with van der Waals surface area (Å²) in [5, 5.41) is 3.02. The molecule has 144 valence electrons. The molecule has 3 aliphatic heterocycles. The molecule has 0 bridgehead atoms. The highest BCUT2D eigenvalue weighted by atomic mass is 35.5. The number of carbonyl (C=O) groups is 1. The van der Waals surface area contributed by atoms with E-state index in [-0.39, 0.29) is 11.9 Å². The van der Waals surface area contributed by atoms with Crippen LogP contribution < -0.4 is 0 Å². The molecule has 2 aromatic rings. The molecule has 0 saturated carbocycles. The van der Waals surface area contributed by atoms with Crippen LogP contribution in [0.5, 0.6) is 0 Å². The highest BCUT2D eigenvalue weighted by Gasteiger charge is 2.35. The zero-order valence-corrected chi connectivity index (χ0v) is 16.5. The minimum Gasteiger partial charge on any atom is -0.381 e. The molecule has 1 saturated heterocycles. The number of carbonyl (C=O) groups excluding carboxylic acids is 1. The van der Waals surface area contributed by atoms with Gasteiger partial charge in [-0.1, -0.05) is 35.9 Å². The monoisotopic (exact) mass is 394 g/mol. The first kappa shape index (κ1) is 17.9. The number of rotatable bonds is 3. The summed E-state index contributed by atoms with van der Waals surface area (Å²) >= 11 is 5.97. The maximum atomic E-state index is 13.3. The number of amides is 1. The number of halogens is 1. The van der Waals surface area contributed by atoms with Crippen LogP contribution in [0.15, 0.2) is 46.6 Å². The Hall–Kier alpha value is -2.17. The van der Waals surface area contributed by atoms with Crippen molar-refractivity contribution >= 4 is 34.5 Å². The Balaban J connectivity index is 1.52. The molecule has 5 rings (SSSR count). The first-order chi connectivity index (χ1) is 13.7. The van der Waals surface area contributed by atoms with Gasteiger partial charge in [0.25, 0.3) is 5.91 Å². The van der Waals surface area contributed by atoms with E-state index in [0.29, 0.717) is 17.6 Å². The van der Waals surface area contributed by atoms with Gasteiger partial charge in [-0.25, -0.2) is 4.99 Å². The Bertz CT molecular complexity index is 992. The molecule has 28 heavy (non-hydrogen) atoms. The Kier molecular flexibility index (Phi) is 4.69. The fraction of sp³-hybridized carbons (Fsp3) is 0.391. The van der Waals surface area contributed by atoms with Gasteiger partial charge in [0.05, 0.1) is 0 Å². The van der Waals surface area contributed by atoms with Gasteiger partial charge in [0, 0.05) is 43.5 Å². The van der Waals surface area contributed by atoms with Crippen LogP contribution in [0, 0.1) is 5.92 Å². The third-order valence-electron chi connectivity index (χ3n) is 6.17. The Morgan fingerprint density at radius 3 is 2.71 bits per heavy atom. The summed E-state index contributed by atoms with van der Waals surface area (Å²) in [4.78, 5) is 19.6. The smallest absolute Gasteiger partial charge is 0.254 e. The van der Waals surface area contributed by atoms with E-state index in [4.69, 9.17) is 16.3 Å². The lowest BCUT2D eigenvalue weighted by atomic mass is 9.89. The van der Waals surface area contributed by atoms with Gasteiger partial charge < -0.3 is 9.64 Å². The number of allylic oxidation sites excluding steroid dienone is 1. The van der Waals surface area contributed by atoms with E-state index in [1.807, 2.05) is 12.3 Å². The summed E-state index contributed by atoms with van der Waals surface area (Å²) in [6.07, 6.45) is 7.52. The van der Waals surface area contributed by atoms with Gasteiger partial charge in [-0.3, -0.25) is 4.79 Å². The predicted molar refractivity (Wildman–Crippen MR) is 112 cm³/mol. The Morgan fingerprint density at radius 2 is 1.96 bits per heavy atom. The van der Waals surface area contributed by atoms with E-state index in [1.54, 1.807) is 0 Å². The van der Waals surface area contributed by atoms with Crippen molar-refractivity contribution in [2.45, 2.75) is 38.3 Å². The predicted octanol–water partition coefficient (Wildman–Crippen LogP) is 4.69. The Labute approximate surface area is 169 Å². The third-order valence-corrected chi connectivity index (χ3v) is 6.42. The zero-order valence-electron chi connectivity index (χ0n) is 15.7. The fourth-order valence-corrected chi connectivity index (χ4v) is 4.83. The zero-order chi connectivity index (χ0) is 19.1. The average Bonchev–Trinajstić information content (AvgIpc) is 3.07. The number of hydrogen-bond donors (Lipinski definition) is 0. The molecule has 0 aromatic heterocycles. The molecule has 1 fully saturated rings. The number of hydrogen-bond acceptors (Lipinski definition) is 3. The lowest BCUT2D eigenvalue weighted by molar-refractivity contribution is 0.0304. The number of aliphatic imine (C=N–C) groups is 1. The lowest BCUT2D eigenvalue weighted by Gasteiger charge is -2.30. The fourth-order valence-electron chi connectivity index (χ4n) is 4.69. The highest BCUT2D eigenvalue weighted by molar-refractivity contribution is 6.29. The van der Waals surface area contributed by atoms with Gasteiger partial charge >= 0.3 is 0 Å². The molecular formula is C23H23ClN2O2. The molecule has 1 amide bonds. The van der Waals surface area contributed by atoms with Gasteiger partial charge in [-0.2, -0.15) is 0 Å². The molecule has 0 radical (unpaired) electrons. The van der Waals surface area contributed by atoms with Gasteiger partial charge in [-0.05, 0) is 59.7 Å². The number of fused-ring (bicyclic) bond motifs is 3. The molecule has 0 spiro atoms. The van der Waals surface area contributed by atoms with Crippen LogP contribution in [0.3, 0.4) is 0 Å². The maximum absolute atomic E-state index is 13.3. The summed E-state index contributed by atoms with van der Waals surface area (Å²) in [6, 6.07) is 10.9. The second-order valence-corrected chi connectivity index (χ2v) is 8.28. The summed E-state index contributed by atoms with van der Waals surface area (Å²) in [6.45, 7) is 2.20. The van der Waals surface area contributed by atoms with Gasteiger partial charge in [-0.15, -0.1) is 0 Å². The standard InChI is InChI=1S/C23H23ClN2O2/c24-22-6-5-15(13-25-22)11-16-12-20-21(19-4-2-1-3-18(16)19)14-26(23(20)27)17-7-9-28-10-8-17/h1-4,6,12-13,15,17H,5,7-11,14H2. The summed E-state index contributed by atoms with van der Waals surface area (Å²) < 4.78 is 5.49. The van der Waals surface area contributed by atoms with Crippen molar-refractivity contribution in [2.24, 2.45) is 10.9 Å². The molecule has 1 unspecified atom stereocenters. The molecule has 5 heteroatoms.